The molecule has 1 unspecified atom stereocenters. The second-order valence-corrected chi connectivity index (χ2v) is 9.14. The number of nitriles is 1. The Morgan fingerprint density at radius 2 is 1.81 bits per heavy atom. The van der Waals surface area contributed by atoms with Crippen LogP contribution in [0.25, 0.3) is 0 Å². The van der Waals surface area contributed by atoms with Gasteiger partial charge in [-0.1, -0.05) is 0 Å². The van der Waals surface area contributed by atoms with E-state index in [0.29, 0.717) is 43.6 Å². The lowest BCUT2D eigenvalue weighted by Crippen LogP contribution is -2.59. The first-order chi connectivity index (χ1) is 12.9. The van der Waals surface area contributed by atoms with Crippen molar-refractivity contribution in [2.45, 2.75) is 24.9 Å². The number of amides is 2. The number of hydrogen-bond donors (Lipinski definition) is 0. The number of rotatable bonds is 2. The molecule has 27 heavy (non-hydrogen) atoms. The van der Waals surface area contributed by atoms with Crippen molar-refractivity contribution >= 4 is 21.8 Å². The molecule has 9 heteroatoms. The molecule has 1 aromatic rings. The first-order valence-corrected chi connectivity index (χ1v) is 10.6. The lowest BCUT2D eigenvalue weighted by Gasteiger charge is -2.39. The fraction of sp³-hybridized carbons (Fsp3) is 0.500. The maximum absolute atomic E-state index is 13.0. The van der Waals surface area contributed by atoms with Crippen LogP contribution in [0.3, 0.4) is 0 Å². The highest BCUT2D eigenvalue weighted by Crippen LogP contribution is 2.32. The van der Waals surface area contributed by atoms with Gasteiger partial charge in [0, 0.05) is 37.8 Å². The minimum atomic E-state index is -3.59. The van der Waals surface area contributed by atoms with E-state index >= 15 is 0 Å². The molecule has 0 aromatic heterocycles. The zero-order valence-electron chi connectivity index (χ0n) is 14.7. The van der Waals surface area contributed by atoms with Crippen LogP contribution in [0.4, 0.5) is 0 Å². The Morgan fingerprint density at radius 3 is 2.44 bits per heavy atom. The molecule has 1 aliphatic carbocycles. The van der Waals surface area contributed by atoms with E-state index in [2.05, 4.69) is 0 Å². The fourth-order valence-electron chi connectivity index (χ4n) is 3.71. The minimum absolute atomic E-state index is 0.0602. The molecule has 8 nitrogen and oxygen atoms in total. The molecule has 2 amide bonds. The standard InChI is InChI=1S/C18H20N4O4S/c19-11-13-1-3-14(4-2-13)17(23)21-8-7-20-9-10-27(25,26)22(15-5-6-15)18(24)16(20)12-21/h1-4,15-16H,5-10,12H2. The Balaban J connectivity index is 1.55. The number of carbonyl (C=O) groups is 2. The highest BCUT2D eigenvalue weighted by atomic mass is 32.2. The summed E-state index contributed by atoms with van der Waals surface area (Å²) in [6.45, 7) is 1.38. The molecular formula is C18H20N4O4S. The van der Waals surface area contributed by atoms with E-state index in [-0.39, 0.29) is 24.2 Å². The smallest absolute Gasteiger partial charge is 0.255 e. The lowest BCUT2D eigenvalue weighted by atomic mass is 10.1. The van der Waals surface area contributed by atoms with Crippen molar-refractivity contribution in [3.8, 4) is 6.07 Å². The van der Waals surface area contributed by atoms with Gasteiger partial charge in [-0.3, -0.25) is 14.5 Å². The number of sulfonamides is 1. The summed E-state index contributed by atoms with van der Waals surface area (Å²) in [5, 5.41) is 8.88. The maximum Gasteiger partial charge on any atom is 0.255 e. The Kier molecular flexibility index (Phi) is 4.40. The summed E-state index contributed by atoms with van der Waals surface area (Å²) in [5.41, 5.74) is 0.927. The van der Waals surface area contributed by atoms with Crippen LogP contribution in [-0.2, 0) is 14.8 Å². The largest absolute Gasteiger partial charge is 0.335 e. The molecule has 142 valence electrons. The number of nitrogens with zero attached hydrogens (tertiary/aromatic N) is 4. The van der Waals surface area contributed by atoms with Gasteiger partial charge in [0.05, 0.1) is 17.4 Å². The first-order valence-electron chi connectivity index (χ1n) is 9.00. The maximum atomic E-state index is 13.0. The number of piperazine rings is 1. The fourth-order valence-corrected chi connectivity index (χ4v) is 5.43. The van der Waals surface area contributed by atoms with Gasteiger partial charge in [-0.15, -0.1) is 0 Å². The Bertz CT molecular complexity index is 918. The monoisotopic (exact) mass is 388 g/mol. The molecule has 1 saturated carbocycles. The van der Waals surface area contributed by atoms with E-state index in [4.69, 9.17) is 5.26 Å². The zero-order valence-corrected chi connectivity index (χ0v) is 15.6. The Morgan fingerprint density at radius 1 is 1.11 bits per heavy atom. The second-order valence-electron chi connectivity index (χ2n) is 7.17. The molecular weight excluding hydrogens is 368 g/mol. The van der Waals surface area contributed by atoms with Gasteiger partial charge in [-0.25, -0.2) is 12.7 Å². The van der Waals surface area contributed by atoms with Gasteiger partial charge in [0.2, 0.25) is 10.0 Å². The van der Waals surface area contributed by atoms with Crippen LogP contribution < -0.4 is 0 Å². The van der Waals surface area contributed by atoms with Crippen molar-refractivity contribution in [2.24, 2.45) is 0 Å². The molecule has 0 bridgehead atoms. The topological polar surface area (TPSA) is 102 Å². The van der Waals surface area contributed by atoms with Crippen LogP contribution in [0.1, 0.15) is 28.8 Å². The zero-order chi connectivity index (χ0) is 19.2. The van der Waals surface area contributed by atoms with Crippen molar-refractivity contribution in [1.82, 2.24) is 14.1 Å². The summed E-state index contributed by atoms with van der Waals surface area (Å²) in [5.74, 6) is -0.681. The third-order valence-corrected chi connectivity index (χ3v) is 7.13. The molecule has 3 aliphatic rings. The van der Waals surface area contributed by atoms with Gasteiger partial charge in [-0.2, -0.15) is 5.26 Å². The molecule has 2 heterocycles. The summed E-state index contributed by atoms with van der Waals surface area (Å²) in [7, 11) is -3.59. The molecule has 4 rings (SSSR count). The predicted octanol–water partition coefficient (Wildman–Crippen LogP) is 0.0191. The predicted molar refractivity (Wildman–Crippen MR) is 96.1 cm³/mol. The lowest BCUT2D eigenvalue weighted by molar-refractivity contribution is -0.133. The van der Waals surface area contributed by atoms with Gasteiger partial charge >= 0.3 is 0 Å². The van der Waals surface area contributed by atoms with Crippen LogP contribution >= 0.6 is 0 Å². The van der Waals surface area contributed by atoms with E-state index in [1.54, 1.807) is 29.2 Å². The summed E-state index contributed by atoms with van der Waals surface area (Å²) in [6, 6.07) is 7.54. The van der Waals surface area contributed by atoms with E-state index in [0.717, 1.165) is 4.31 Å². The van der Waals surface area contributed by atoms with Crippen LogP contribution in [0.2, 0.25) is 0 Å². The Hall–Kier alpha value is -2.44. The number of fused-ring (bicyclic) bond motifs is 1. The van der Waals surface area contributed by atoms with E-state index < -0.39 is 22.0 Å². The van der Waals surface area contributed by atoms with Gasteiger partial charge in [-0.05, 0) is 37.1 Å². The molecule has 2 saturated heterocycles. The summed E-state index contributed by atoms with van der Waals surface area (Å²) < 4.78 is 26.1. The molecule has 0 radical (unpaired) electrons. The highest BCUT2D eigenvalue weighted by molar-refractivity contribution is 7.89. The van der Waals surface area contributed by atoms with Crippen LogP contribution in [0.5, 0.6) is 0 Å². The second kappa shape index (κ2) is 6.62. The molecule has 1 atom stereocenters. The summed E-state index contributed by atoms with van der Waals surface area (Å²) >= 11 is 0. The number of benzene rings is 1. The van der Waals surface area contributed by atoms with Gasteiger partial charge in [0.15, 0.2) is 0 Å². The number of hydrogen-bond acceptors (Lipinski definition) is 6. The van der Waals surface area contributed by atoms with Crippen molar-refractivity contribution in [2.75, 3.05) is 31.9 Å². The van der Waals surface area contributed by atoms with Gasteiger partial charge < -0.3 is 4.90 Å². The molecule has 0 spiro atoms. The van der Waals surface area contributed by atoms with Crippen LogP contribution in [0, 0.1) is 11.3 Å². The first kappa shape index (κ1) is 17.9. The van der Waals surface area contributed by atoms with Crippen molar-refractivity contribution in [3.05, 3.63) is 35.4 Å². The molecule has 2 aliphatic heterocycles. The van der Waals surface area contributed by atoms with Crippen molar-refractivity contribution in [3.63, 3.8) is 0 Å². The summed E-state index contributed by atoms with van der Waals surface area (Å²) in [6.07, 6.45) is 1.43. The highest BCUT2D eigenvalue weighted by Gasteiger charge is 2.48. The SMILES string of the molecule is N#Cc1ccc(C(=O)N2CCN3CCS(=O)(=O)N(C4CC4)C(=O)C3C2)cc1. The quantitative estimate of drug-likeness (QED) is 0.708. The average molecular weight is 388 g/mol. The molecule has 0 N–H and O–H groups in total. The van der Waals surface area contributed by atoms with Gasteiger partial charge in [0.1, 0.15) is 6.04 Å². The van der Waals surface area contributed by atoms with E-state index in [1.165, 1.54) is 0 Å². The average Bonchev–Trinajstić information content (AvgIpc) is 3.50. The van der Waals surface area contributed by atoms with Gasteiger partial charge in [0.25, 0.3) is 11.8 Å². The molecule has 1 aromatic carbocycles. The third kappa shape index (κ3) is 3.31. The molecule has 3 fully saturated rings. The van der Waals surface area contributed by atoms with Crippen molar-refractivity contribution in [1.29, 1.82) is 5.26 Å². The normalized spacial score (nSPS) is 25.4. The minimum Gasteiger partial charge on any atom is -0.335 e. The van der Waals surface area contributed by atoms with Crippen LogP contribution in [0.15, 0.2) is 24.3 Å². The van der Waals surface area contributed by atoms with E-state index in [9.17, 15) is 18.0 Å². The number of carbonyl (C=O) groups excluding carboxylic acids is 2. The Labute approximate surface area is 158 Å². The third-order valence-electron chi connectivity index (χ3n) is 5.36. The van der Waals surface area contributed by atoms with E-state index in [1.807, 2.05) is 11.0 Å². The summed E-state index contributed by atoms with van der Waals surface area (Å²) in [4.78, 5) is 29.3. The van der Waals surface area contributed by atoms with Crippen molar-refractivity contribution < 1.29 is 18.0 Å². The van der Waals surface area contributed by atoms with Crippen LogP contribution in [-0.4, -0.2) is 78.4 Å².